The van der Waals surface area contributed by atoms with Gasteiger partial charge in [-0.3, -0.25) is 14.2 Å². The molecule has 0 unspecified atom stereocenters. The molecule has 0 spiro atoms. The number of carbonyl (C=O) groups is 2. The van der Waals surface area contributed by atoms with Gasteiger partial charge in [-0.05, 0) is 62.3 Å². The summed E-state index contributed by atoms with van der Waals surface area (Å²) in [5.41, 5.74) is 2.95. The van der Waals surface area contributed by atoms with Crippen LogP contribution in [0.25, 0.3) is 12.2 Å². The minimum Gasteiger partial charge on any atom is -0.485 e. The third-order valence-electron chi connectivity index (χ3n) is 6.29. The van der Waals surface area contributed by atoms with E-state index < -0.39 is 18.0 Å². The van der Waals surface area contributed by atoms with Crippen LogP contribution in [0.5, 0.6) is 11.5 Å². The Morgan fingerprint density at radius 2 is 1.89 bits per heavy atom. The Balaban J connectivity index is 1.66. The highest BCUT2D eigenvalue weighted by molar-refractivity contribution is 7.07. The average molecular weight is 531 g/mol. The van der Waals surface area contributed by atoms with Gasteiger partial charge in [0.1, 0.15) is 17.6 Å². The molecule has 2 aliphatic heterocycles. The first-order valence-electron chi connectivity index (χ1n) is 12.2. The summed E-state index contributed by atoms with van der Waals surface area (Å²) in [5, 5.41) is 0. The molecule has 38 heavy (non-hydrogen) atoms. The van der Waals surface area contributed by atoms with Crippen molar-refractivity contribution in [2.24, 2.45) is 4.99 Å². The maximum absolute atomic E-state index is 13.8. The van der Waals surface area contributed by atoms with Crippen LogP contribution in [-0.2, 0) is 14.3 Å². The quantitative estimate of drug-likeness (QED) is 0.370. The zero-order chi connectivity index (χ0) is 27.0. The lowest BCUT2D eigenvalue weighted by Gasteiger charge is -2.24. The van der Waals surface area contributed by atoms with Crippen molar-refractivity contribution in [3.63, 3.8) is 0 Å². The number of rotatable bonds is 5. The first-order valence-corrected chi connectivity index (χ1v) is 13.0. The summed E-state index contributed by atoms with van der Waals surface area (Å²) < 4.78 is 18.5. The standard InChI is InChI=1S/C29H26N2O6S/c1-5-35-28(34)25-16(2)30-29-31(26(25)19-10-12-22(13-11-19)37-18(4)32)27(33)24(38-29)15-21-14-20-8-6-7-9-23(20)36-17(21)3/h6-15,17,26H,5H2,1-4H3/b24-15+/t17-,26-/m0/s1. The van der Waals surface area contributed by atoms with Gasteiger partial charge in [0.2, 0.25) is 0 Å². The second kappa shape index (κ2) is 10.3. The number of para-hydroxylation sites is 1. The molecule has 0 amide bonds. The maximum Gasteiger partial charge on any atom is 0.338 e. The first-order chi connectivity index (χ1) is 18.3. The number of hydrogen-bond donors (Lipinski definition) is 0. The summed E-state index contributed by atoms with van der Waals surface area (Å²) in [7, 11) is 0. The van der Waals surface area contributed by atoms with Gasteiger partial charge in [0, 0.05) is 12.5 Å². The Bertz CT molecular complexity index is 1680. The summed E-state index contributed by atoms with van der Waals surface area (Å²) in [6.45, 7) is 6.91. The van der Waals surface area contributed by atoms with E-state index in [9.17, 15) is 14.4 Å². The van der Waals surface area contributed by atoms with E-state index in [-0.39, 0.29) is 23.8 Å². The lowest BCUT2D eigenvalue weighted by atomic mass is 9.96. The highest BCUT2D eigenvalue weighted by atomic mass is 32.1. The number of ether oxygens (including phenoxy) is 3. The summed E-state index contributed by atoms with van der Waals surface area (Å²) >= 11 is 1.26. The summed E-state index contributed by atoms with van der Waals surface area (Å²) in [6.07, 6.45) is 3.60. The maximum atomic E-state index is 13.8. The molecule has 3 aromatic rings. The smallest absolute Gasteiger partial charge is 0.338 e. The molecule has 194 valence electrons. The van der Waals surface area contributed by atoms with Gasteiger partial charge in [0.25, 0.3) is 5.56 Å². The zero-order valence-corrected chi connectivity index (χ0v) is 22.2. The molecule has 0 saturated carbocycles. The van der Waals surface area contributed by atoms with Gasteiger partial charge in [-0.25, -0.2) is 9.79 Å². The highest BCUT2D eigenvalue weighted by Gasteiger charge is 2.33. The molecule has 2 aliphatic rings. The molecular formula is C29H26N2O6S. The average Bonchev–Trinajstić information content (AvgIpc) is 3.18. The third kappa shape index (κ3) is 4.72. The molecule has 3 heterocycles. The Morgan fingerprint density at radius 3 is 2.61 bits per heavy atom. The molecule has 8 nitrogen and oxygen atoms in total. The molecule has 0 radical (unpaired) electrons. The molecule has 2 aromatic carbocycles. The van der Waals surface area contributed by atoms with Gasteiger partial charge in [-0.1, -0.05) is 41.7 Å². The van der Waals surface area contributed by atoms with E-state index in [1.165, 1.54) is 22.8 Å². The number of thiazole rings is 1. The number of allylic oxidation sites excluding steroid dienone is 1. The number of esters is 2. The van der Waals surface area contributed by atoms with Crippen LogP contribution in [0, 0.1) is 0 Å². The second-order valence-corrected chi connectivity index (χ2v) is 9.92. The van der Waals surface area contributed by atoms with Crippen LogP contribution in [0.15, 0.2) is 75.2 Å². The van der Waals surface area contributed by atoms with Crippen molar-refractivity contribution in [1.82, 2.24) is 4.57 Å². The molecule has 0 fully saturated rings. The molecule has 2 atom stereocenters. The molecule has 1 aromatic heterocycles. The zero-order valence-electron chi connectivity index (χ0n) is 21.4. The lowest BCUT2D eigenvalue weighted by Crippen LogP contribution is -2.40. The van der Waals surface area contributed by atoms with Crippen LogP contribution in [0.3, 0.4) is 0 Å². The van der Waals surface area contributed by atoms with Crippen molar-refractivity contribution in [3.05, 3.63) is 96.2 Å². The summed E-state index contributed by atoms with van der Waals surface area (Å²) in [4.78, 5) is 43.3. The molecule has 0 bridgehead atoms. The predicted octanol–water partition coefficient (Wildman–Crippen LogP) is 3.54. The highest BCUT2D eigenvalue weighted by Crippen LogP contribution is 2.32. The Kier molecular flexibility index (Phi) is 6.86. The van der Waals surface area contributed by atoms with E-state index in [1.807, 2.05) is 43.3 Å². The first kappa shape index (κ1) is 25.4. The van der Waals surface area contributed by atoms with Crippen molar-refractivity contribution >= 4 is 35.4 Å². The van der Waals surface area contributed by atoms with Gasteiger partial charge in [0.05, 0.1) is 28.5 Å². The van der Waals surface area contributed by atoms with Crippen LogP contribution in [-0.4, -0.2) is 29.2 Å². The molecule has 0 saturated heterocycles. The summed E-state index contributed by atoms with van der Waals surface area (Å²) in [5.74, 6) is 0.188. The van der Waals surface area contributed by atoms with Crippen LogP contribution < -0.4 is 24.4 Å². The predicted molar refractivity (Wildman–Crippen MR) is 144 cm³/mol. The van der Waals surface area contributed by atoms with Gasteiger partial charge < -0.3 is 14.2 Å². The van der Waals surface area contributed by atoms with Crippen LogP contribution in [0.4, 0.5) is 0 Å². The van der Waals surface area contributed by atoms with Crippen LogP contribution in [0.2, 0.25) is 0 Å². The minimum absolute atomic E-state index is 0.186. The number of fused-ring (bicyclic) bond motifs is 2. The Labute approximate surface area is 222 Å². The topological polar surface area (TPSA) is 96.2 Å². The van der Waals surface area contributed by atoms with Crippen molar-refractivity contribution < 1.29 is 23.8 Å². The number of carbonyl (C=O) groups excluding carboxylic acids is 2. The van der Waals surface area contributed by atoms with E-state index >= 15 is 0 Å². The monoisotopic (exact) mass is 530 g/mol. The van der Waals surface area contributed by atoms with E-state index in [2.05, 4.69) is 4.99 Å². The SMILES string of the molecule is CCOC(=O)C1=C(C)N=c2s/c(=C/C3=Cc4ccccc4O[C@H]3C)c(=O)n2[C@H]1c1ccc(OC(C)=O)cc1. The minimum atomic E-state index is -0.756. The number of nitrogens with zero attached hydrogens (tertiary/aromatic N) is 2. The van der Waals surface area contributed by atoms with E-state index in [4.69, 9.17) is 14.2 Å². The van der Waals surface area contributed by atoms with Gasteiger partial charge in [0.15, 0.2) is 4.80 Å². The number of aromatic nitrogens is 1. The van der Waals surface area contributed by atoms with Crippen molar-refractivity contribution in [2.75, 3.05) is 6.61 Å². The second-order valence-electron chi connectivity index (χ2n) is 8.91. The van der Waals surface area contributed by atoms with Gasteiger partial charge >= 0.3 is 11.9 Å². The molecule has 0 N–H and O–H groups in total. The lowest BCUT2D eigenvalue weighted by molar-refractivity contribution is -0.139. The van der Waals surface area contributed by atoms with Crippen molar-refractivity contribution in [1.29, 1.82) is 0 Å². The fourth-order valence-corrected chi connectivity index (χ4v) is 5.61. The van der Waals surface area contributed by atoms with Crippen LogP contribution >= 0.6 is 11.3 Å². The van der Waals surface area contributed by atoms with E-state index in [0.29, 0.717) is 26.3 Å². The normalized spacial score (nSPS) is 18.5. The van der Waals surface area contributed by atoms with Crippen molar-refractivity contribution in [3.8, 4) is 11.5 Å². The van der Waals surface area contributed by atoms with Crippen LogP contribution in [0.1, 0.15) is 44.9 Å². The van der Waals surface area contributed by atoms with Crippen molar-refractivity contribution in [2.45, 2.75) is 39.8 Å². The van der Waals surface area contributed by atoms with E-state index in [0.717, 1.165) is 16.9 Å². The molecule has 5 rings (SSSR count). The van der Waals surface area contributed by atoms with Gasteiger partial charge in [-0.15, -0.1) is 0 Å². The number of hydrogen-bond acceptors (Lipinski definition) is 8. The summed E-state index contributed by atoms with van der Waals surface area (Å²) in [6, 6.07) is 13.7. The van der Waals surface area contributed by atoms with Gasteiger partial charge in [-0.2, -0.15) is 0 Å². The molecular weight excluding hydrogens is 504 g/mol. The molecule has 0 aliphatic carbocycles. The Morgan fingerprint density at radius 1 is 1.16 bits per heavy atom. The largest absolute Gasteiger partial charge is 0.485 e. The molecule has 9 heteroatoms. The third-order valence-corrected chi connectivity index (χ3v) is 7.27. The Hall–Kier alpha value is -4.24. The fraction of sp³-hybridized carbons (Fsp3) is 0.241. The fourth-order valence-electron chi connectivity index (χ4n) is 4.56. The van der Waals surface area contributed by atoms with E-state index in [1.54, 1.807) is 38.1 Å². The number of benzene rings is 2.